The maximum atomic E-state index is 8.63. The number of hydrogen-bond acceptors (Lipinski definition) is 2. The van der Waals surface area contributed by atoms with E-state index in [0.29, 0.717) is 5.56 Å². The highest BCUT2D eigenvalue weighted by atomic mass is 79.9. The van der Waals surface area contributed by atoms with E-state index in [9.17, 15) is 0 Å². The first-order chi connectivity index (χ1) is 5.81. The predicted octanol–water partition coefficient (Wildman–Crippen LogP) is 1.97. The van der Waals surface area contributed by atoms with Gasteiger partial charge in [0.05, 0.1) is 11.8 Å². The van der Waals surface area contributed by atoms with Gasteiger partial charge in [-0.05, 0) is 28.1 Å². The van der Waals surface area contributed by atoms with Crippen molar-refractivity contribution in [3.8, 4) is 6.07 Å². The van der Waals surface area contributed by atoms with E-state index >= 15 is 0 Å². The maximum Gasteiger partial charge on any atom is 0.137 e. The molecule has 2 heterocycles. The fraction of sp³-hybridized carbons (Fsp3) is 0. The third-order valence-corrected chi connectivity index (χ3v) is 2.18. The third kappa shape index (κ3) is 0.990. The summed E-state index contributed by atoms with van der Waals surface area (Å²) in [5, 5.41) is 8.63. The summed E-state index contributed by atoms with van der Waals surface area (Å²) < 4.78 is 2.67. The average molecular weight is 222 g/mol. The highest BCUT2D eigenvalue weighted by Gasteiger charge is 1.99. The van der Waals surface area contributed by atoms with Crippen LogP contribution >= 0.6 is 15.9 Å². The van der Waals surface area contributed by atoms with Crippen molar-refractivity contribution in [3.05, 3.63) is 34.7 Å². The smallest absolute Gasteiger partial charge is 0.137 e. The second-order valence-corrected chi connectivity index (χ2v) is 3.15. The molecule has 0 saturated heterocycles. The molecule has 3 nitrogen and oxygen atoms in total. The Balaban J connectivity index is 2.82. The highest BCUT2D eigenvalue weighted by molar-refractivity contribution is 9.10. The summed E-state index contributed by atoms with van der Waals surface area (Å²) in [7, 11) is 0. The van der Waals surface area contributed by atoms with E-state index in [0.717, 1.165) is 10.3 Å². The standard InChI is InChI=1S/C8H4BrN3/c9-7-4-11-8-2-1-6(3-10)5-12(7)8/h1-2,4-5H. The van der Waals surface area contributed by atoms with Gasteiger partial charge in [0.2, 0.25) is 0 Å². The molecule has 0 aromatic carbocycles. The first kappa shape index (κ1) is 7.32. The minimum Gasteiger partial charge on any atom is -0.293 e. The number of nitriles is 1. The molecule has 0 atom stereocenters. The molecular formula is C8H4BrN3. The van der Waals surface area contributed by atoms with Gasteiger partial charge in [0.1, 0.15) is 16.3 Å². The van der Waals surface area contributed by atoms with Gasteiger partial charge in [-0.25, -0.2) is 4.98 Å². The summed E-state index contributed by atoms with van der Waals surface area (Å²) in [5.41, 5.74) is 1.46. The van der Waals surface area contributed by atoms with Crippen molar-refractivity contribution in [1.82, 2.24) is 9.38 Å². The number of aromatic nitrogens is 2. The number of fused-ring (bicyclic) bond motifs is 1. The van der Waals surface area contributed by atoms with Crippen molar-refractivity contribution in [3.63, 3.8) is 0 Å². The molecule has 0 spiro atoms. The van der Waals surface area contributed by atoms with Crippen LogP contribution in [0, 0.1) is 11.3 Å². The Bertz CT molecular complexity index is 467. The van der Waals surface area contributed by atoms with Crippen LogP contribution in [0.3, 0.4) is 0 Å². The normalized spacial score (nSPS) is 10.0. The first-order valence-corrected chi connectivity index (χ1v) is 4.13. The van der Waals surface area contributed by atoms with E-state index in [4.69, 9.17) is 5.26 Å². The minimum absolute atomic E-state index is 0.626. The van der Waals surface area contributed by atoms with Gasteiger partial charge >= 0.3 is 0 Å². The second kappa shape index (κ2) is 2.61. The minimum atomic E-state index is 0.626. The first-order valence-electron chi connectivity index (χ1n) is 3.34. The number of imidazole rings is 1. The number of hydrogen-bond donors (Lipinski definition) is 0. The van der Waals surface area contributed by atoms with Crippen molar-refractivity contribution >= 4 is 21.6 Å². The molecule has 0 unspecified atom stereocenters. The molecule has 0 aliphatic carbocycles. The Hall–Kier alpha value is -1.34. The molecule has 4 heteroatoms. The van der Waals surface area contributed by atoms with E-state index in [-0.39, 0.29) is 0 Å². The van der Waals surface area contributed by atoms with E-state index in [1.165, 1.54) is 0 Å². The Kier molecular flexibility index (Phi) is 1.59. The molecule has 0 saturated carbocycles. The largest absolute Gasteiger partial charge is 0.293 e. The number of halogens is 1. The van der Waals surface area contributed by atoms with Crippen molar-refractivity contribution in [2.75, 3.05) is 0 Å². The van der Waals surface area contributed by atoms with Gasteiger partial charge in [0.25, 0.3) is 0 Å². The van der Waals surface area contributed by atoms with Crippen LogP contribution in [0.5, 0.6) is 0 Å². The molecule has 0 N–H and O–H groups in total. The molecule has 0 radical (unpaired) electrons. The Morgan fingerprint density at radius 1 is 1.50 bits per heavy atom. The fourth-order valence-corrected chi connectivity index (χ4v) is 1.40. The van der Waals surface area contributed by atoms with Crippen LogP contribution in [-0.4, -0.2) is 9.38 Å². The van der Waals surface area contributed by atoms with E-state index in [1.54, 1.807) is 18.5 Å². The topological polar surface area (TPSA) is 41.1 Å². The van der Waals surface area contributed by atoms with E-state index < -0.39 is 0 Å². The van der Waals surface area contributed by atoms with Gasteiger partial charge in [-0.3, -0.25) is 4.40 Å². The van der Waals surface area contributed by atoms with Crippen LogP contribution in [0.15, 0.2) is 29.1 Å². The molecule has 0 aliphatic heterocycles. The molecule has 58 valence electrons. The van der Waals surface area contributed by atoms with Crippen molar-refractivity contribution in [2.24, 2.45) is 0 Å². The zero-order valence-electron chi connectivity index (χ0n) is 6.03. The summed E-state index contributed by atoms with van der Waals surface area (Å²) in [5.74, 6) is 0. The molecule has 0 aliphatic rings. The van der Waals surface area contributed by atoms with Gasteiger partial charge in [-0.2, -0.15) is 5.26 Å². The zero-order chi connectivity index (χ0) is 8.55. The molecule has 2 aromatic rings. The summed E-state index contributed by atoms with van der Waals surface area (Å²) in [4.78, 5) is 4.10. The Morgan fingerprint density at radius 2 is 2.33 bits per heavy atom. The van der Waals surface area contributed by atoms with E-state index in [2.05, 4.69) is 27.0 Å². The second-order valence-electron chi connectivity index (χ2n) is 2.34. The fourth-order valence-electron chi connectivity index (χ4n) is 1.02. The summed E-state index contributed by atoms with van der Waals surface area (Å²) >= 11 is 3.32. The molecule has 2 rings (SSSR count). The number of nitrogens with zero attached hydrogens (tertiary/aromatic N) is 3. The molecule has 0 amide bonds. The molecular weight excluding hydrogens is 218 g/mol. The highest BCUT2D eigenvalue weighted by Crippen LogP contribution is 2.13. The summed E-state index contributed by atoms with van der Waals surface area (Å²) in [6.07, 6.45) is 3.45. The maximum absolute atomic E-state index is 8.63. The van der Waals surface area contributed by atoms with Crippen molar-refractivity contribution < 1.29 is 0 Å². The van der Waals surface area contributed by atoms with Crippen LogP contribution < -0.4 is 0 Å². The van der Waals surface area contributed by atoms with Crippen molar-refractivity contribution in [1.29, 1.82) is 5.26 Å². The zero-order valence-corrected chi connectivity index (χ0v) is 7.62. The average Bonchev–Trinajstić information content (AvgIpc) is 2.47. The lowest BCUT2D eigenvalue weighted by atomic mass is 10.3. The molecule has 2 aromatic heterocycles. The molecule has 0 fully saturated rings. The van der Waals surface area contributed by atoms with Gasteiger partial charge in [-0.15, -0.1) is 0 Å². The van der Waals surface area contributed by atoms with Gasteiger partial charge < -0.3 is 0 Å². The molecule has 12 heavy (non-hydrogen) atoms. The lowest BCUT2D eigenvalue weighted by Gasteiger charge is -1.93. The van der Waals surface area contributed by atoms with Crippen molar-refractivity contribution in [2.45, 2.75) is 0 Å². The van der Waals surface area contributed by atoms with Gasteiger partial charge in [-0.1, -0.05) is 0 Å². The van der Waals surface area contributed by atoms with Gasteiger partial charge in [0, 0.05) is 6.20 Å². The lowest BCUT2D eigenvalue weighted by molar-refractivity contribution is 1.14. The van der Waals surface area contributed by atoms with Gasteiger partial charge in [0.15, 0.2) is 0 Å². The summed E-state index contributed by atoms with van der Waals surface area (Å²) in [6.45, 7) is 0. The number of pyridine rings is 1. The molecule has 0 bridgehead atoms. The van der Waals surface area contributed by atoms with Crippen LogP contribution in [-0.2, 0) is 0 Å². The quantitative estimate of drug-likeness (QED) is 0.683. The van der Waals surface area contributed by atoms with E-state index in [1.807, 2.05) is 10.5 Å². The SMILES string of the molecule is N#Cc1ccc2ncc(Br)n2c1. The monoisotopic (exact) mass is 221 g/mol. The van der Waals surface area contributed by atoms with Crippen LogP contribution in [0.1, 0.15) is 5.56 Å². The lowest BCUT2D eigenvalue weighted by Crippen LogP contribution is -1.85. The Labute approximate surface area is 77.4 Å². The van der Waals surface area contributed by atoms with Crippen LogP contribution in [0.2, 0.25) is 0 Å². The number of rotatable bonds is 0. The summed E-state index contributed by atoms with van der Waals surface area (Å²) in [6, 6.07) is 5.62. The third-order valence-electron chi connectivity index (χ3n) is 1.59. The predicted molar refractivity (Wildman–Crippen MR) is 47.6 cm³/mol. The van der Waals surface area contributed by atoms with Crippen LogP contribution in [0.4, 0.5) is 0 Å². The Morgan fingerprint density at radius 3 is 3.08 bits per heavy atom. The van der Waals surface area contributed by atoms with Crippen LogP contribution in [0.25, 0.3) is 5.65 Å².